The number of rotatable bonds is 28. The van der Waals surface area contributed by atoms with Gasteiger partial charge in [0.05, 0.1) is 32.5 Å². The minimum absolute atomic E-state index is 0.0334. The molecule has 0 aliphatic carbocycles. The Morgan fingerprint density at radius 2 is 1.90 bits per heavy atom. The number of nitrogens with zero attached hydrogens (tertiary/aromatic N) is 1. The molecule has 0 aromatic heterocycles. The van der Waals surface area contributed by atoms with Crippen LogP contribution in [-0.4, -0.2) is 146 Å². The van der Waals surface area contributed by atoms with E-state index in [1.807, 2.05) is 6.26 Å². The molecule has 3 unspecified atom stereocenters. The first-order valence-electron chi connectivity index (χ1n) is 19.2. The third-order valence-corrected chi connectivity index (χ3v) is 14.4. The van der Waals surface area contributed by atoms with Crippen LogP contribution in [0.5, 0.6) is 5.75 Å². The van der Waals surface area contributed by atoms with Crippen LogP contribution in [-0.2, 0) is 38.0 Å². The summed E-state index contributed by atoms with van der Waals surface area (Å²) in [5.41, 5.74) is 4.96. The van der Waals surface area contributed by atoms with Crippen molar-refractivity contribution in [1.82, 2.24) is 10.6 Å². The number of ether oxygens (including phenoxy) is 8. The van der Waals surface area contributed by atoms with Crippen LogP contribution < -0.4 is 21.1 Å². The number of benzene rings is 1. The molecule has 6 atom stereocenters. The first-order valence-corrected chi connectivity index (χ1v) is 26.2. The summed E-state index contributed by atoms with van der Waals surface area (Å²) in [6.07, 6.45) is 0.0804. The zero-order valence-electron chi connectivity index (χ0n) is 35.6. The average Bonchev–Trinajstić information content (AvgIpc) is 3.62. The first-order chi connectivity index (χ1) is 29.6. The molecule has 1 aromatic carbocycles. The van der Waals surface area contributed by atoms with Gasteiger partial charge in [-0.05, 0) is 56.5 Å². The third-order valence-electron chi connectivity index (χ3n) is 7.62. The highest BCUT2D eigenvalue weighted by Crippen LogP contribution is 2.43. The highest BCUT2D eigenvalue weighted by molar-refractivity contribution is 8.77. The van der Waals surface area contributed by atoms with E-state index < -0.39 is 43.5 Å². The number of thioether (sulfide) groups is 1. The van der Waals surface area contributed by atoms with Crippen LogP contribution in [0, 0.1) is 34.2 Å². The van der Waals surface area contributed by atoms with E-state index in [2.05, 4.69) is 55.0 Å². The minimum atomic E-state index is -2.57. The molecule has 2 rings (SSSR count). The fourth-order valence-corrected chi connectivity index (χ4v) is 9.12. The van der Waals surface area contributed by atoms with Crippen molar-refractivity contribution in [3.8, 4) is 34.7 Å². The van der Waals surface area contributed by atoms with E-state index >= 15 is 0 Å². The summed E-state index contributed by atoms with van der Waals surface area (Å²) in [5.74, 6) is 11.1. The summed E-state index contributed by atoms with van der Waals surface area (Å²) < 4.78 is 45.9. The van der Waals surface area contributed by atoms with Gasteiger partial charge in [0.15, 0.2) is 11.3 Å². The standard InChI is InChI=1S/C38H56BN4O13PS5/c1-7-12-38(5,57(47)48)54-21-30-29(56-34(60-58-6)24-52-36(46)53-26-59-25-41)20-31(55-30)39-13-9-15-42-32(44)22-49-17-18-50-33(61-62-37(2,3)4)23-51-28-11-8-10-27(19-28)35(45)43-16-14-40/h8,10-11,19,29-31,33-34,39,47-48H,14-18,20-24,26,40H2,1-6H3,(H,42,44)(H,43,45)/t29-,30?,31-,33?,34-,38?/m1/s1. The molecule has 62 heavy (non-hydrogen) atoms. The Kier molecular flexibility index (Phi) is 28.5. The van der Waals surface area contributed by atoms with Gasteiger partial charge in [0.2, 0.25) is 21.6 Å². The summed E-state index contributed by atoms with van der Waals surface area (Å²) in [4.78, 5) is 56.7. The molecule has 6 N–H and O–H groups in total. The molecule has 24 heteroatoms. The second-order valence-corrected chi connectivity index (χ2v) is 21.7. The summed E-state index contributed by atoms with van der Waals surface area (Å²) >= 11 is 0.753. The molecule has 1 aromatic rings. The number of carbonyl (C=O) groups excluding carboxylic acids is 3. The lowest BCUT2D eigenvalue weighted by atomic mass is 9.71. The highest BCUT2D eigenvalue weighted by atomic mass is 33.1. The number of carbonyl (C=O) groups is 3. The summed E-state index contributed by atoms with van der Waals surface area (Å²) in [6.45, 7) is 10.3. The van der Waals surface area contributed by atoms with Gasteiger partial charge >= 0.3 is 6.16 Å². The summed E-state index contributed by atoms with van der Waals surface area (Å²) in [7, 11) is 3.62. The maximum Gasteiger partial charge on any atom is 0.509 e. The van der Waals surface area contributed by atoms with Gasteiger partial charge < -0.3 is 64.0 Å². The number of hydrogen-bond donors (Lipinski definition) is 5. The van der Waals surface area contributed by atoms with Gasteiger partial charge in [0.1, 0.15) is 47.9 Å². The lowest BCUT2D eigenvalue weighted by Crippen LogP contribution is -2.37. The largest absolute Gasteiger partial charge is 0.509 e. The Labute approximate surface area is 386 Å². The zero-order valence-corrected chi connectivity index (χ0v) is 40.6. The first kappa shape index (κ1) is 55.9. The lowest BCUT2D eigenvalue weighted by Gasteiger charge is -2.29. The number of hydrogen-bond acceptors (Lipinski definition) is 20. The molecule has 0 bridgehead atoms. The normalized spacial score (nSPS) is 17.8. The van der Waals surface area contributed by atoms with Crippen molar-refractivity contribution in [1.29, 1.82) is 5.26 Å². The Bertz CT molecular complexity index is 1690. The number of amides is 2. The van der Waals surface area contributed by atoms with E-state index in [0.29, 0.717) is 38.1 Å². The smallest absolute Gasteiger partial charge is 0.490 e. The van der Waals surface area contributed by atoms with Crippen LogP contribution in [0.15, 0.2) is 24.3 Å². The second-order valence-electron chi connectivity index (χ2n) is 13.8. The Hall–Kier alpha value is -2.24. The quantitative estimate of drug-likeness (QED) is 0.0116. The molecule has 2 amide bonds. The van der Waals surface area contributed by atoms with E-state index in [1.165, 1.54) is 39.3 Å². The van der Waals surface area contributed by atoms with Crippen LogP contribution in [0.1, 0.15) is 51.4 Å². The fraction of sp³-hybridized carbons (Fsp3) is 0.632. The van der Waals surface area contributed by atoms with E-state index in [1.54, 1.807) is 47.4 Å². The predicted octanol–water partition coefficient (Wildman–Crippen LogP) is 4.02. The van der Waals surface area contributed by atoms with E-state index in [9.17, 15) is 24.2 Å². The van der Waals surface area contributed by atoms with E-state index in [0.717, 1.165) is 11.8 Å². The van der Waals surface area contributed by atoms with Gasteiger partial charge in [-0.15, -0.1) is 5.92 Å². The van der Waals surface area contributed by atoms with Crippen LogP contribution in [0.3, 0.4) is 0 Å². The summed E-state index contributed by atoms with van der Waals surface area (Å²) in [6, 6.07) is 6.48. The van der Waals surface area contributed by atoms with Gasteiger partial charge in [-0.3, -0.25) is 9.59 Å². The van der Waals surface area contributed by atoms with E-state index in [-0.39, 0.29) is 74.1 Å². The molecule has 1 aliphatic heterocycles. The monoisotopic (exact) mass is 978 g/mol. The molecule has 17 nitrogen and oxygen atoms in total. The molecular formula is C38H56BN4O13PS5. The topological polar surface area (TPSA) is 239 Å². The van der Waals surface area contributed by atoms with Gasteiger partial charge in [-0.2, -0.15) is 11.1 Å². The molecule has 0 radical (unpaired) electrons. The highest BCUT2D eigenvalue weighted by Gasteiger charge is 2.41. The molecule has 0 spiro atoms. The number of nitriles is 1. The molecule has 0 saturated carbocycles. The second kappa shape index (κ2) is 31.6. The van der Waals surface area contributed by atoms with Crippen molar-refractivity contribution in [2.45, 2.75) is 80.2 Å². The zero-order chi connectivity index (χ0) is 45.8. The van der Waals surface area contributed by atoms with Gasteiger partial charge in [-0.25, -0.2) is 4.79 Å². The van der Waals surface area contributed by atoms with Crippen molar-refractivity contribution in [2.75, 3.05) is 71.5 Å². The molecule has 1 heterocycles. The molecule has 1 aliphatic rings. The fourth-order valence-electron chi connectivity index (χ4n) is 4.84. The van der Waals surface area contributed by atoms with Gasteiger partial charge in [0, 0.05) is 29.4 Å². The number of nitrogens with one attached hydrogen (secondary N) is 2. The SMILES string of the molecule is CC#CC(C)(OCC1O[C@@H](BC#CCNC(=O)COCCOC(COc2cccc(C(=O)NCCN)c2)SSC(C)(C)C)C[C@H]1O[C@@H](COC(=O)OCSC#N)SSC)P(O)O. The average molecular weight is 979 g/mol. The Morgan fingerprint density at radius 1 is 1.11 bits per heavy atom. The Balaban J connectivity index is 1.87. The Morgan fingerprint density at radius 3 is 2.60 bits per heavy atom. The number of thiocyanates is 1. The van der Waals surface area contributed by atoms with Crippen LogP contribution in [0.25, 0.3) is 0 Å². The predicted molar refractivity (Wildman–Crippen MR) is 249 cm³/mol. The number of nitrogens with two attached hydrogens (primary N) is 1. The van der Waals surface area contributed by atoms with Gasteiger partial charge in [-0.1, -0.05) is 81.9 Å². The van der Waals surface area contributed by atoms with Crippen molar-refractivity contribution in [2.24, 2.45) is 5.73 Å². The minimum Gasteiger partial charge on any atom is -0.490 e. The van der Waals surface area contributed by atoms with Crippen molar-refractivity contribution in [3.63, 3.8) is 0 Å². The molecule has 344 valence electrons. The molecule has 1 fully saturated rings. The van der Waals surface area contributed by atoms with Crippen LogP contribution in [0.2, 0.25) is 0 Å². The van der Waals surface area contributed by atoms with Crippen molar-refractivity contribution in [3.05, 3.63) is 29.8 Å². The third kappa shape index (κ3) is 24.2. The van der Waals surface area contributed by atoms with Crippen LogP contribution in [0.4, 0.5) is 4.79 Å². The molecule has 1 saturated heterocycles. The van der Waals surface area contributed by atoms with Gasteiger partial charge in [0.25, 0.3) is 5.91 Å². The maximum atomic E-state index is 12.5. The lowest BCUT2D eigenvalue weighted by molar-refractivity contribution is -0.126. The summed E-state index contributed by atoms with van der Waals surface area (Å²) in [5, 5.41) is 14.4. The van der Waals surface area contributed by atoms with Crippen LogP contribution >= 0.6 is 63.3 Å². The molecular weight excluding hydrogens is 923 g/mol. The van der Waals surface area contributed by atoms with Crippen molar-refractivity contribution >= 4 is 88.6 Å². The van der Waals surface area contributed by atoms with Crippen molar-refractivity contribution < 1.29 is 62.1 Å². The maximum absolute atomic E-state index is 12.5. The van der Waals surface area contributed by atoms with E-state index in [4.69, 9.17) is 48.9 Å².